The molecule has 0 aliphatic rings. The van der Waals surface area contributed by atoms with Crippen molar-refractivity contribution in [1.29, 1.82) is 0 Å². The van der Waals surface area contributed by atoms with Gasteiger partial charge in [-0.2, -0.15) is 8.42 Å². The molecule has 142 valence electrons. The maximum atomic E-state index is 10.7. The van der Waals surface area contributed by atoms with Gasteiger partial charge in [0.05, 0.1) is 16.8 Å². The molecular formula is C16H19Cl2N3O4S. The minimum atomic E-state index is -4.14. The van der Waals surface area contributed by atoms with Gasteiger partial charge in [0.1, 0.15) is 10.7 Å². The Morgan fingerprint density at radius 3 is 2.35 bits per heavy atom. The summed E-state index contributed by atoms with van der Waals surface area (Å²) >= 11 is 11.2. The Labute approximate surface area is 162 Å². The topological polar surface area (TPSA) is 114 Å². The van der Waals surface area contributed by atoms with Crippen molar-refractivity contribution in [3.8, 4) is 0 Å². The number of rotatable bonds is 5. The van der Waals surface area contributed by atoms with E-state index in [4.69, 9.17) is 33.5 Å². The van der Waals surface area contributed by atoms with Gasteiger partial charge in [-0.15, -0.1) is 0 Å². The van der Waals surface area contributed by atoms with E-state index in [0.717, 1.165) is 19.2 Å². The summed E-state index contributed by atoms with van der Waals surface area (Å²) in [6, 6.07) is 7.44. The summed E-state index contributed by atoms with van der Waals surface area (Å²) in [5, 5.41) is 0.769. The lowest BCUT2D eigenvalue weighted by Gasteiger charge is -2.16. The van der Waals surface area contributed by atoms with Crippen LogP contribution in [0.5, 0.6) is 0 Å². The van der Waals surface area contributed by atoms with Gasteiger partial charge >= 0.3 is 0 Å². The highest BCUT2D eigenvalue weighted by molar-refractivity contribution is 7.85. The third-order valence-electron chi connectivity index (χ3n) is 3.17. The molecule has 0 saturated carbocycles. The van der Waals surface area contributed by atoms with Crippen LogP contribution in [0, 0.1) is 0 Å². The number of hydrogen-bond donors (Lipinski definition) is 2. The lowest BCUT2D eigenvalue weighted by atomic mass is 10.2. The molecule has 26 heavy (non-hydrogen) atoms. The second-order valence-electron chi connectivity index (χ2n) is 5.24. The number of nitrogens with two attached hydrogens (primary N) is 1. The van der Waals surface area contributed by atoms with E-state index >= 15 is 0 Å². The first-order chi connectivity index (χ1) is 12.1. The van der Waals surface area contributed by atoms with E-state index in [1.807, 2.05) is 18.9 Å². The number of pyridine rings is 1. The Morgan fingerprint density at radius 2 is 1.92 bits per heavy atom. The molecule has 0 aliphatic heterocycles. The van der Waals surface area contributed by atoms with Gasteiger partial charge in [-0.25, -0.2) is 4.98 Å². The zero-order valence-electron chi connectivity index (χ0n) is 14.2. The fraction of sp³-hybridized carbons (Fsp3) is 0.250. The van der Waals surface area contributed by atoms with Gasteiger partial charge < -0.3 is 10.6 Å². The quantitative estimate of drug-likeness (QED) is 0.718. The third kappa shape index (κ3) is 6.80. The molecule has 1 heterocycles. The van der Waals surface area contributed by atoms with Gasteiger partial charge in [0.2, 0.25) is 5.91 Å². The lowest BCUT2D eigenvalue weighted by molar-refractivity contribution is 0.100. The number of anilines is 1. The van der Waals surface area contributed by atoms with Crippen molar-refractivity contribution in [3.05, 3.63) is 52.1 Å². The summed E-state index contributed by atoms with van der Waals surface area (Å²) < 4.78 is 30.2. The average molecular weight is 420 g/mol. The number of primary amides is 1. The molecule has 0 saturated heterocycles. The highest BCUT2D eigenvalue weighted by Gasteiger charge is 2.10. The molecule has 0 unspecified atom stereocenters. The Hall–Kier alpha value is -1.87. The first kappa shape index (κ1) is 22.2. The van der Waals surface area contributed by atoms with Crippen LogP contribution in [0.4, 0.5) is 5.82 Å². The minimum absolute atomic E-state index is 0.184. The summed E-state index contributed by atoms with van der Waals surface area (Å²) in [6.45, 7) is 2.89. The molecule has 2 rings (SSSR count). The summed E-state index contributed by atoms with van der Waals surface area (Å²) in [5.41, 5.74) is 5.29. The zero-order chi connectivity index (χ0) is 19.9. The monoisotopic (exact) mass is 419 g/mol. The van der Waals surface area contributed by atoms with E-state index in [1.54, 1.807) is 12.1 Å². The molecule has 0 aliphatic carbocycles. The fourth-order valence-corrected chi connectivity index (χ4v) is 2.82. The predicted octanol–water partition coefficient (Wildman–Crippen LogP) is 3.27. The first-order valence-corrected chi connectivity index (χ1v) is 9.65. The summed E-state index contributed by atoms with van der Waals surface area (Å²) in [4.78, 5) is 16.3. The van der Waals surface area contributed by atoms with Gasteiger partial charge in [-0.05, 0) is 36.8 Å². The molecule has 7 nitrogen and oxygen atoms in total. The smallest absolute Gasteiger partial charge is 0.296 e. The second kappa shape index (κ2) is 9.72. The van der Waals surface area contributed by atoms with E-state index in [2.05, 4.69) is 4.98 Å². The molecule has 0 fully saturated rings. The Bertz CT molecular complexity index is 858. The maximum absolute atomic E-state index is 10.7. The number of carbonyl (C=O) groups is 1. The summed E-state index contributed by atoms with van der Waals surface area (Å²) in [5.74, 6) is 0.135. The van der Waals surface area contributed by atoms with Crippen molar-refractivity contribution in [2.45, 2.75) is 18.2 Å². The molecule has 0 spiro atoms. The van der Waals surface area contributed by atoms with Crippen molar-refractivity contribution >= 4 is 45.0 Å². The number of hydrogen-bond acceptors (Lipinski definition) is 5. The molecule has 0 radical (unpaired) electrons. The largest absolute Gasteiger partial charge is 0.366 e. The molecule has 0 atom stereocenters. The second-order valence-corrected chi connectivity index (χ2v) is 7.50. The predicted molar refractivity (Wildman–Crippen MR) is 103 cm³/mol. The van der Waals surface area contributed by atoms with Crippen LogP contribution >= 0.6 is 23.2 Å². The van der Waals surface area contributed by atoms with Crippen molar-refractivity contribution in [3.63, 3.8) is 0 Å². The van der Waals surface area contributed by atoms with E-state index in [1.165, 1.54) is 18.2 Å². The molecule has 2 aromatic rings. The minimum Gasteiger partial charge on any atom is -0.366 e. The molecule has 1 aromatic carbocycles. The van der Waals surface area contributed by atoms with Crippen LogP contribution < -0.4 is 10.6 Å². The Balaban J connectivity index is 0.000000273. The van der Waals surface area contributed by atoms with E-state index < -0.39 is 16.0 Å². The number of benzene rings is 1. The van der Waals surface area contributed by atoms with Crippen molar-refractivity contribution < 1.29 is 17.8 Å². The normalized spacial score (nSPS) is 10.7. The number of carbonyl (C=O) groups excluding carboxylic acids is 1. The highest BCUT2D eigenvalue weighted by atomic mass is 35.5. The van der Waals surface area contributed by atoms with Crippen molar-refractivity contribution in [2.24, 2.45) is 5.73 Å². The fourth-order valence-electron chi connectivity index (χ4n) is 1.89. The van der Waals surface area contributed by atoms with Crippen LogP contribution in [-0.4, -0.2) is 37.5 Å². The van der Waals surface area contributed by atoms with Crippen molar-refractivity contribution in [1.82, 2.24) is 4.98 Å². The van der Waals surface area contributed by atoms with Crippen molar-refractivity contribution in [2.75, 3.05) is 18.5 Å². The first-order valence-electron chi connectivity index (χ1n) is 7.45. The molecule has 10 heteroatoms. The van der Waals surface area contributed by atoms with Crippen LogP contribution in [-0.2, 0) is 10.1 Å². The van der Waals surface area contributed by atoms with E-state index in [9.17, 15) is 13.2 Å². The van der Waals surface area contributed by atoms with Crippen LogP contribution in [0.2, 0.25) is 10.0 Å². The third-order valence-corrected chi connectivity index (χ3v) is 4.55. The Kier molecular flexibility index (Phi) is 8.29. The van der Waals surface area contributed by atoms with Gasteiger partial charge in [0, 0.05) is 18.6 Å². The molecule has 1 aromatic heterocycles. The van der Waals surface area contributed by atoms with E-state index in [0.29, 0.717) is 10.8 Å². The lowest BCUT2D eigenvalue weighted by Crippen LogP contribution is -2.19. The standard InChI is InChI=1S/C9H14N2O3S.C7H5Cl2NO/c1-3-6-11(2)9-5-4-8(7-10-9)15(12,13)14;8-4-1-2-5(7(10)11)6(9)3-4/h4-5,7H,3,6H2,1-2H3,(H,12,13,14);1-3H,(H2,10,11). The molecule has 1 amide bonds. The molecular weight excluding hydrogens is 401 g/mol. The Morgan fingerprint density at radius 1 is 1.27 bits per heavy atom. The average Bonchev–Trinajstić information content (AvgIpc) is 2.54. The van der Waals surface area contributed by atoms with Crippen LogP contribution in [0.1, 0.15) is 23.7 Å². The van der Waals surface area contributed by atoms with Gasteiger partial charge in [0.15, 0.2) is 0 Å². The number of amides is 1. The summed E-state index contributed by atoms with van der Waals surface area (Å²) in [6.07, 6.45) is 2.13. The zero-order valence-corrected chi connectivity index (χ0v) is 16.5. The molecule has 0 bridgehead atoms. The van der Waals surface area contributed by atoms with Gasteiger partial charge in [-0.3, -0.25) is 9.35 Å². The molecule has 3 N–H and O–H groups in total. The maximum Gasteiger partial charge on any atom is 0.296 e. The SMILES string of the molecule is CCCN(C)c1ccc(S(=O)(=O)O)cn1.NC(=O)c1ccc(Cl)cc1Cl. The number of nitrogens with zero attached hydrogens (tertiary/aromatic N) is 2. The van der Waals surface area contributed by atoms with Crippen LogP contribution in [0.3, 0.4) is 0 Å². The number of halogens is 2. The summed E-state index contributed by atoms with van der Waals surface area (Å²) in [7, 11) is -2.26. The highest BCUT2D eigenvalue weighted by Crippen LogP contribution is 2.20. The number of aromatic nitrogens is 1. The van der Waals surface area contributed by atoms with Gasteiger partial charge in [0.25, 0.3) is 10.1 Å². The van der Waals surface area contributed by atoms with Gasteiger partial charge in [-0.1, -0.05) is 30.1 Å². The van der Waals surface area contributed by atoms with Crippen LogP contribution in [0.25, 0.3) is 0 Å². The van der Waals surface area contributed by atoms with E-state index in [-0.39, 0.29) is 15.5 Å². The van der Waals surface area contributed by atoms with Crippen LogP contribution in [0.15, 0.2) is 41.4 Å².